The molecule has 64 valence electrons. The van der Waals surface area contributed by atoms with Crippen molar-refractivity contribution in [2.75, 3.05) is 6.61 Å². The van der Waals surface area contributed by atoms with Gasteiger partial charge in [0.1, 0.15) is 0 Å². The summed E-state index contributed by atoms with van der Waals surface area (Å²) in [6.07, 6.45) is 3.19. The summed E-state index contributed by atoms with van der Waals surface area (Å²) in [4.78, 5) is 0. The van der Waals surface area contributed by atoms with Crippen molar-refractivity contribution in [1.29, 1.82) is 0 Å². The van der Waals surface area contributed by atoms with Crippen LogP contribution in [0.15, 0.2) is 12.2 Å². The van der Waals surface area contributed by atoms with Gasteiger partial charge in [-0.05, 0) is 30.6 Å². The van der Waals surface area contributed by atoms with Crippen LogP contribution in [0.3, 0.4) is 0 Å². The van der Waals surface area contributed by atoms with Crippen LogP contribution in [0.25, 0.3) is 0 Å². The van der Waals surface area contributed by atoms with Crippen molar-refractivity contribution in [1.82, 2.24) is 0 Å². The molecule has 1 aliphatic rings. The van der Waals surface area contributed by atoms with Crippen LogP contribution in [-0.2, 0) is 0 Å². The van der Waals surface area contributed by atoms with Crippen LogP contribution in [0.5, 0.6) is 0 Å². The Morgan fingerprint density at radius 3 is 2.64 bits per heavy atom. The van der Waals surface area contributed by atoms with Crippen molar-refractivity contribution >= 4 is 0 Å². The second-order valence-electron chi connectivity index (χ2n) is 4.33. The van der Waals surface area contributed by atoms with E-state index in [0.29, 0.717) is 17.9 Å². The molecule has 1 N–H and O–H groups in total. The number of aliphatic hydroxyl groups is 1. The van der Waals surface area contributed by atoms with Crippen molar-refractivity contribution in [3.8, 4) is 0 Å². The predicted octanol–water partition coefficient (Wildman–Crippen LogP) is 2.36. The number of hydrogen-bond donors (Lipinski definition) is 1. The van der Waals surface area contributed by atoms with Gasteiger partial charge >= 0.3 is 0 Å². The molecule has 0 amide bonds. The molecule has 0 radical (unpaired) electrons. The van der Waals surface area contributed by atoms with Gasteiger partial charge in [0, 0.05) is 6.61 Å². The Hall–Kier alpha value is -0.300. The maximum Gasteiger partial charge on any atom is 0.0433 e. The number of rotatable bonds is 2. The first-order chi connectivity index (χ1) is 5.06. The Bertz CT molecular complexity index is 158. The molecule has 0 aliphatic heterocycles. The average molecular weight is 154 g/mol. The second-order valence-corrected chi connectivity index (χ2v) is 4.33. The van der Waals surface area contributed by atoms with Gasteiger partial charge in [-0.2, -0.15) is 0 Å². The molecule has 1 nitrogen and oxygen atoms in total. The van der Waals surface area contributed by atoms with Gasteiger partial charge in [0.25, 0.3) is 0 Å². The first-order valence-electron chi connectivity index (χ1n) is 4.34. The standard InChI is InChI=1S/C10H18O/c1-8-6-9(4-5-11)10(2,3)7-8/h9,11H,1,4-7H2,2-3H3. The first-order valence-corrected chi connectivity index (χ1v) is 4.34. The topological polar surface area (TPSA) is 20.2 Å². The summed E-state index contributed by atoms with van der Waals surface area (Å²) in [5.74, 6) is 0.653. The van der Waals surface area contributed by atoms with Gasteiger partial charge in [-0.15, -0.1) is 0 Å². The molecule has 1 rings (SSSR count). The minimum absolute atomic E-state index is 0.321. The molecule has 0 spiro atoms. The fourth-order valence-corrected chi connectivity index (χ4v) is 2.13. The summed E-state index contributed by atoms with van der Waals surface area (Å²) >= 11 is 0. The van der Waals surface area contributed by atoms with Gasteiger partial charge in [-0.1, -0.05) is 26.0 Å². The molecular formula is C10H18O. The molecule has 0 aromatic heterocycles. The third-order valence-corrected chi connectivity index (χ3v) is 2.82. The molecule has 1 aliphatic carbocycles. The SMILES string of the molecule is C=C1CC(CCO)C(C)(C)C1. The van der Waals surface area contributed by atoms with E-state index in [2.05, 4.69) is 20.4 Å². The zero-order valence-electron chi connectivity index (χ0n) is 7.56. The van der Waals surface area contributed by atoms with E-state index >= 15 is 0 Å². The lowest BCUT2D eigenvalue weighted by Gasteiger charge is -2.25. The minimum atomic E-state index is 0.321. The molecule has 1 unspecified atom stereocenters. The molecule has 1 saturated carbocycles. The maximum atomic E-state index is 8.82. The molecule has 1 atom stereocenters. The van der Waals surface area contributed by atoms with Gasteiger partial charge in [-0.25, -0.2) is 0 Å². The Kier molecular flexibility index (Phi) is 2.38. The Balaban J connectivity index is 2.58. The molecule has 0 heterocycles. The van der Waals surface area contributed by atoms with Crippen molar-refractivity contribution < 1.29 is 5.11 Å². The first kappa shape index (κ1) is 8.79. The van der Waals surface area contributed by atoms with Crippen molar-refractivity contribution in [2.45, 2.75) is 33.1 Å². The summed E-state index contributed by atoms with van der Waals surface area (Å²) in [5.41, 5.74) is 1.73. The molecule has 1 fully saturated rings. The fraction of sp³-hybridized carbons (Fsp3) is 0.800. The van der Waals surface area contributed by atoms with E-state index in [9.17, 15) is 0 Å². The molecule has 0 saturated heterocycles. The molecule has 1 heteroatoms. The fourth-order valence-electron chi connectivity index (χ4n) is 2.13. The predicted molar refractivity (Wildman–Crippen MR) is 47.3 cm³/mol. The lowest BCUT2D eigenvalue weighted by atomic mass is 9.80. The lowest BCUT2D eigenvalue weighted by molar-refractivity contribution is 0.188. The quantitative estimate of drug-likeness (QED) is 0.605. The highest BCUT2D eigenvalue weighted by Gasteiger charge is 2.35. The Labute approximate surface area is 69.1 Å². The van der Waals surface area contributed by atoms with Gasteiger partial charge < -0.3 is 5.11 Å². The summed E-state index contributed by atoms with van der Waals surface area (Å²) < 4.78 is 0. The highest BCUT2D eigenvalue weighted by molar-refractivity contribution is 5.09. The van der Waals surface area contributed by atoms with Crippen molar-refractivity contribution in [3.63, 3.8) is 0 Å². The van der Waals surface area contributed by atoms with Crippen LogP contribution in [0.1, 0.15) is 33.1 Å². The molecule has 0 aromatic carbocycles. The highest BCUT2D eigenvalue weighted by atomic mass is 16.3. The van der Waals surface area contributed by atoms with Crippen LogP contribution < -0.4 is 0 Å². The summed E-state index contributed by atoms with van der Waals surface area (Å²) in [6.45, 7) is 8.86. The molecule has 0 bridgehead atoms. The van der Waals surface area contributed by atoms with E-state index in [-0.39, 0.29) is 0 Å². The second kappa shape index (κ2) is 2.98. The van der Waals surface area contributed by atoms with Crippen molar-refractivity contribution in [2.24, 2.45) is 11.3 Å². The van der Waals surface area contributed by atoms with Crippen molar-refractivity contribution in [3.05, 3.63) is 12.2 Å². The summed E-state index contributed by atoms with van der Waals surface area (Å²) in [7, 11) is 0. The number of allylic oxidation sites excluding steroid dienone is 1. The number of hydrogen-bond acceptors (Lipinski definition) is 1. The monoisotopic (exact) mass is 154 g/mol. The van der Waals surface area contributed by atoms with Gasteiger partial charge in [-0.3, -0.25) is 0 Å². The zero-order chi connectivity index (χ0) is 8.48. The summed E-state index contributed by atoms with van der Waals surface area (Å²) in [6, 6.07) is 0. The summed E-state index contributed by atoms with van der Waals surface area (Å²) in [5, 5.41) is 8.82. The van der Waals surface area contributed by atoms with Gasteiger partial charge in [0.15, 0.2) is 0 Å². The minimum Gasteiger partial charge on any atom is -0.396 e. The van der Waals surface area contributed by atoms with Gasteiger partial charge in [0.05, 0.1) is 0 Å². The van der Waals surface area contributed by atoms with Crippen LogP contribution in [0.4, 0.5) is 0 Å². The lowest BCUT2D eigenvalue weighted by Crippen LogP contribution is -2.18. The number of aliphatic hydroxyl groups excluding tert-OH is 1. The van der Waals surface area contributed by atoms with Crippen LogP contribution >= 0.6 is 0 Å². The average Bonchev–Trinajstić information content (AvgIpc) is 2.07. The smallest absolute Gasteiger partial charge is 0.0433 e. The normalized spacial score (nSPS) is 29.4. The molecule has 0 aromatic rings. The van der Waals surface area contributed by atoms with E-state index in [1.165, 1.54) is 5.57 Å². The van der Waals surface area contributed by atoms with Crippen LogP contribution in [-0.4, -0.2) is 11.7 Å². The molecular weight excluding hydrogens is 136 g/mol. The van der Waals surface area contributed by atoms with Crippen LogP contribution in [0.2, 0.25) is 0 Å². The van der Waals surface area contributed by atoms with Crippen LogP contribution in [0, 0.1) is 11.3 Å². The zero-order valence-corrected chi connectivity index (χ0v) is 7.56. The van der Waals surface area contributed by atoms with E-state index < -0.39 is 0 Å². The van der Waals surface area contributed by atoms with E-state index in [0.717, 1.165) is 19.3 Å². The van der Waals surface area contributed by atoms with Gasteiger partial charge in [0.2, 0.25) is 0 Å². The molecule has 11 heavy (non-hydrogen) atoms. The van der Waals surface area contributed by atoms with E-state index in [4.69, 9.17) is 5.11 Å². The maximum absolute atomic E-state index is 8.82. The third kappa shape index (κ3) is 1.84. The van der Waals surface area contributed by atoms with E-state index in [1.807, 2.05) is 0 Å². The highest BCUT2D eigenvalue weighted by Crippen LogP contribution is 2.46. The van der Waals surface area contributed by atoms with E-state index in [1.54, 1.807) is 0 Å². The Morgan fingerprint density at radius 2 is 2.27 bits per heavy atom. The Morgan fingerprint density at radius 1 is 1.64 bits per heavy atom. The third-order valence-electron chi connectivity index (χ3n) is 2.82. The largest absolute Gasteiger partial charge is 0.396 e.